The van der Waals surface area contributed by atoms with Gasteiger partial charge in [-0.25, -0.2) is 4.79 Å². The van der Waals surface area contributed by atoms with Gasteiger partial charge in [0.05, 0.1) is 11.4 Å². The third-order valence-electron chi connectivity index (χ3n) is 5.18. The molecule has 0 atom stereocenters. The molecule has 31 heavy (non-hydrogen) atoms. The van der Waals surface area contributed by atoms with Crippen LogP contribution in [0, 0.1) is 6.92 Å². The van der Waals surface area contributed by atoms with Crippen LogP contribution in [0.4, 0.5) is 21.9 Å². The van der Waals surface area contributed by atoms with Crippen LogP contribution < -0.4 is 20.9 Å². The van der Waals surface area contributed by atoms with Gasteiger partial charge in [0.15, 0.2) is 0 Å². The number of nitrogens with zero attached hydrogens (tertiary/aromatic N) is 1. The second-order valence-electron chi connectivity index (χ2n) is 7.68. The number of anilines is 3. The summed E-state index contributed by atoms with van der Waals surface area (Å²) in [5.74, 6) is -0.177. The first-order valence-electron chi connectivity index (χ1n) is 11.0. The van der Waals surface area contributed by atoms with Crippen molar-refractivity contribution < 1.29 is 14.3 Å². The van der Waals surface area contributed by atoms with Gasteiger partial charge >= 0.3 is 6.03 Å². The van der Waals surface area contributed by atoms with Crippen molar-refractivity contribution in [3.63, 3.8) is 0 Å². The van der Waals surface area contributed by atoms with Crippen LogP contribution in [0.3, 0.4) is 0 Å². The predicted octanol–water partition coefficient (Wildman–Crippen LogP) is 4.40. The highest BCUT2D eigenvalue weighted by Crippen LogP contribution is 2.32. The number of aryl methyl sites for hydroxylation is 1. The number of rotatable bonds is 9. The highest BCUT2D eigenvalue weighted by atomic mass is 16.5. The second-order valence-corrected chi connectivity index (χ2v) is 7.68. The van der Waals surface area contributed by atoms with Crippen LogP contribution >= 0.6 is 0 Å². The largest absolute Gasteiger partial charge is 0.382 e. The molecule has 1 aliphatic heterocycles. The van der Waals surface area contributed by atoms with Gasteiger partial charge in [0.25, 0.3) is 5.91 Å². The van der Waals surface area contributed by atoms with Gasteiger partial charge in [-0.15, -0.1) is 0 Å². The van der Waals surface area contributed by atoms with E-state index < -0.39 is 0 Å². The van der Waals surface area contributed by atoms with E-state index in [0.29, 0.717) is 36.7 Å². The zero-order valence-corrected chi connectivity index (χ0v) is 18.4. The molecule has 7 nitrogen and oxygen atoms in total. The summed E-state index contributed by atoms with van der Waals surface area (Å²) < 4.78 is 5.30. The smallest absolute Gasteiger partial charge is 0.319 e. The Labute approximate surface area is 184 Å². The van der Waals surface area contributed by atoms with Crippen LogP contribution in [-0.2, 0) is 4.74 Å². The molecule has 0 unspecified atom stereocenters. The number of carbonyl (C=O) groups excluding carboxylic acids is 2. The second kappa shape index (κ2) is 11.4. The summed E-state index contributed by atoms with van der Waals surface area (Å²) in [5, 5.41) is 8.76. The summed E-state index contributed by atoms with van der Waals surface area (Å²) in [7, 11) is 0. The molecule has 0 spiro atoms. The molecule has 1 heterocycles. The quantitative estimate of drug-likeness (QED) is 0.521. The van der Waals surface area contributed by atoms with E-state index in [1.165, 1.54) is 0 Å². The molecule has 3 amide bonds. The standard InChI is InChI=1S/C24H32N4O3/c1-3-31-15-7-12-25-24(30)27-21-17-20(10-11-22(21)28-13-4-5-14-28)26-23(29)19-9-6-8-18(2)16-19/h6,8-11,16-17H,3-5,7,12-15H2,1-2H3,(H,26,29)(H2,25,27,30). The molecule has 0 saturated carbocycles. The lowest BCUT2D eigenvalue weighted by atomic mass is 10.1. The maximum absolute atomic E-state index is 12.6. The number of ether oxygens (including phenoxy) is 1. The first-order valence-corrected chi connectivity index (χ1v) is 11.0. The van der Waals surface area contributed by atoms with Gasteiger partial charge < -0.3 is 25.6 Å². The summed E-state index contributed by atoms with van der Waals surface area (Å²) in [4.78, 5) is 27.3. The number of hydrogen-bond acceptors (Lipinski definition) is 4. The average molecular weight is 425 g/mol. The number of nitrogens with one attached hydrogen (secondary N) is 3. The van der Waals surface area contributed by atoms with E-state index in [2.05, 4.69) is 20.9 Å². The lowest BCUT2D eigenvalue weighted by Gasteiger charge is -2.22. The van der Waals surface area contributed by atoms with Crippen LogP contribution in [0.2, 0.25) is 0 Å². The minimum absolute atomic E-state index is 0.177. The molecule has 166 valence electrons. The van der Waals surface area contributed by atoms with Crippen LogP contribution in [0.15, 0.2) is 42.5 Å². The maximum Gasteiger partial charge on any atom is 0.319 e. The molecule has 0 aromatic heterocycles. The number of benzene rings is 2. The third kappa shape index (κ3) is 6.72. The minimum Gasteiger partial charge on any atom is -0.382 e. The zero-order valence-electron chi connectivity index (χ0n) is 18.4. The molecule has 2 aromatic carbocycles. The fourth-order valence-electron chi connectivity index (χ4n) is 3.62. The molecule has 7 heteroatoms. The summed E-state index contributed by atoms with van der Waals surface area (Å²) in [6.07, 6.45) is 3.02. The van der Waals surface area contributed by atoms with Crippen molar-refractivity contribution >= 4 is 29.0 Å². The van der Waals surface area contributed by atoms with E-state index in [1.807, 2.05) is 50.2 Å². The predicted molar refractivity (Wildman–Crippen MR) is 125 cm³/mol. The summed E-state index contributed by atoms with van der Waals surface area (Å²) in [6, 6.07) is 12.9. The average Bonchev–Trinajstić information content (AvgIpc) is 3.28. The van der Waals surface area contributed by atoms with Crippen molar-refractivity contribution in [3.8, 4) is 0 Å². The Morgan fingerprint density at radius 1 is 1.06 bits per heavy atom. The summed E-state index contributed by atoms with van der Waals surface area (Å²) in [5.41, 5.74) is 3.92. The van der Waals surface area contributed by atoms with E-state index >= 15 is 0 Å². The van der Waals surface area contributed by atoms with Gasteiger partial charge in [0, 0.05) is 44.1 Å². The minimum atomic E-state index is -0.265. The number of hydrogen-bond donors (Lipinski definition) is 3. The molecular weight excluding hydrogens is 392 g/mol. The SMILES string of the molecule is CCOCCCNC(=O)Nc1cc(NC(=O)c2cccc(C)c2)ccc1N1CCCC1. The van der Waals surface area contributed by atoms with E-state index in [-0.39, 0.29) is 11.9 Å². The van der Waals surface area contributed by atoms with E-state index in [4.69, 9.17) is 4.74 Å². The van der Waals surface area contributed by atoms with Crippen LogP contribution in [0.5, 0.6) is 0 Å². The van der Waals surface area contributed by atoms with Crippen molar-refractivity contribution in [1.29, 1.82) is 0 Å². The van der Waals surface area contributed by atoms with Gasteiger partial charge in [-0.2, -0.15) is 0 Å². The van der Waals surface area contributed by atoms with Crippen molar-refractivity contribution in [2.45, 2.75) is 33.1 Å². The fourth-order valence-corrected chi connectivity index (χ4v) is 3.62. The molecule has 1 fully saturated rings. The molecule has 0 aliphatic carbocycles. The monoisotopic (exact) mass is 424 g/mol. The maximum atomic E-state index is 12.6. The Bertz CT molecular complexity index is 894. The van der Waals surface area contributed by atoms with Crippen LogP contribution in [0.1, 0.15) is 42.1 Å². The van der Waals surface area contributed by atoms with E-state index in [0.717, 1.165) is 43.6 Å². The lowest BCUT2D eigenvalue weighted by Crippen LogP contribution is -2.31. The van der Waals surface area contributed by atoms with Gasteiger partial charge in [-0.3, -0.25) is 4.79 Å². The molecule has 1 aliphatic rings. The number of urea groups is 1. The molecular formula is C24H32N4O3. The molecule has 1 saturated heterocycles. The highest BCUT2D eigenvalue weighted by Gasteiger charge is 2.18. The summed E-state index contributed by atoms with van der Waals surface area (Å²) >= 11 is 0. The zero-order chi connectivity index (χ0) is 22.1. The first-order chi connectivity index (χ1) is 15.1. The third-order valence-corrected chi connectivity index (χ3v) is 5.18. The topological polar surface area (TPSA) is 82.7 Å². The molecule has 0 radical (unpaired) electrons. The van der Waals surface area contributed by atoms with E-state index in [9.17, 15) is 9.59 Å². The Balaban J connectivity index is 1.70. The van der Waals surface area contributed by atoms with Crippen LogP contribution in [-0.4, -0.2) is 44.8 Å². The Kier molecular flexibility index (Phi) is 8.29. The fraction of sp³-hybridized carbons (Fsp3) is 0.417. The lowest BCUT2D eigenvalue weighted by molar-refractivity contribution is 0.102. The van der Waals surface area contributed by atoms with Crippen molar-refractivity contribution in [3.05, 3.63) is 53.6 Å². The van der Waals surface area contributed by atoms with Crippen molar-refractivity contribution in [2.24, 2.45) is 0 Å². The molecule has 3 N–H and O–H groups in total. The number of amides is 3. The van der Waals surface area contributed by atoms with Gasteiger partial charge in [0.2, 0.25) is 0 Å². The Morgan fingerprint density at radius 2 is 1.87 bits per heavy atom. The molecule has 0 bridgehead atoms. The van der Waals surface area contributed by atoms with Gasteiger partial charge in [0.1, 0.15) is 0 Å². The molecule has 3 rings (SSSR count). The van der Waals surface area contributed by atoms with Crippen LogP contribution in [0.25, 0.3) is 0 Å². The molecule has 2 aromatic rings. The van der Waals surface area contributed by atoms with E-state index in [1.54, 1.807) is 6.07 Å². The normalized spacial score (nSPS) is 13.2. The first kappa shape index (κ1) is 22.6. The number of carbonyl (C=O) groups is 2. The van der Waals surface area contributed by atoms with Crippen molar-refractivity contribution in [2.75, 3.05) is 48.4 Å². The van der Waals surface area contributed by atoms with Gasteiger partial charge in [-0.05, 0) is 63.4 Å². The Hall–Kier alpha value is -3.06. The van der Waals surface area contributed by atoms with Gasteiger partial charge in [-0.1, -0.05) is 17.7 Å². The Morgan fingerprint density at radius 3 is 2.61 bits per heavy atom. The highest BCUT2D eigenvalue weighted by molar-refractivity contribution is 6.05. The van der Waals surface area contributed by atoms with Crippen molar-refractivity contribution in [1.82, 2.24) is 5.32 Å². The summed E-state index contributed by atoms with van der Waals surface area (Å²) in [6.45, 7) is 7.65.